The molecule has 0 bridgehead atoms. The molecule has 0 aliphatic heterocycles. The lowest BCUT2D eigenvalue weighted by Crippen LogP contribution is -2.05. The molecule has 1 aromatic rings. The molecule has 1 rings (SSSR count). The predicted octanol–water partition coefficient (Wildman–Crippen LogP) is 2.30. The van der Waals surface area contributed by atoms with Gasteiger partial charge >= 0.3 is 0 Å². The summed E-state index contributed by atoms with van der Waals surface area (Å²) < 4.78 is 4.91. The van der Waals surface area contributed by atoms with Crippen molar-refractivity contribution in [2.24, 2.45) is 0 Å². The molecule has 18 heavy (non-hydrogen) atoms. The van der Waals surface area contributed by atoms with Crippen molar-refractivity contribution in [3.8, 4) is 6.07 Å². The fourth-order valence-corrected chi connectivity index (χ4v) is 1.50. The van der Waals surface area contributed by atoms with E-state index in [-0.39, 0.29) is 11.3 Å². The molecule has 96 valence electrons. The number of ether oxygens (including phenoxy) is 1. The third kappa shape index (κ3) is 4.03. The first-order valence-corrected chi connectivity index (χ1v) is 5.60. The van der Waals surface area contributed by atoms with E-state index in [1.807, 2.05) is 6.07 Å². The Labute approximate surface area is 105 Å². The minimum atomic E-state index is -0.488. The van der Waals surface area contributed by atoms with Crippen LogP contribution in [-0.2, 0) is 4.74 Å². The minimum absolute atomic E-state index is 0.0687. The van der Waals surface area contributed by atoms with Crippen LogP contribution < -0.4 is 5.32 Å². The highest BCUT2D eigenvalue weighted by molar-refractivity contribution is 5.63. The average molecular weight is 249 g/mol. The fourth-order valence-electron chi connectivity index (χ4n) is 1.50. The van der Waals surface area contributed by atoms with Gasteiger partial charge in [-0.25, -0.2) is 0 Å². The molecule has 0 aliphatic rings. The Balaban J connectivity index is 2.65. The number of anilines is 1. The number of nitriles is 1. The van der Waals surface area contributed by atoms with Crippen LogP contribution in [0.15, 0.2) is 18.2 Å². The van der Waals surface area contributed by atoms with Crippen LogP contribution in [0, 0.1) is 21.4 Å². The summed E-state index contributed by atoms with van der Waals surface area (Å²) in [6.45, 7) is 1.31. The van der Waals surface area contributed by atoms with Crippen LogP contribution in [0.4, 0.5) is 11.4 Å². The van der Waals surface area contributed by atoms with E-state index in [1.165, 1.54) is 6.07 Å². The first kappa shape index (κ1) is 13.9. The van der Waals surface area contributed by atoms with Crippen molar-refractivity contribution in [2.75, 3.05) is 25.6 Å². The number of unbranched alkanes of at least 4 members (excludes halogenated alkanes) is 1. The highest BCUT2D eigenvalue weighted by Gasteiger charge is 2.13. The second kappa shape index (κ2) is 7.25. The summed E-state index contributed by atoms with van der Waals surface area (Å²) in [5, 5.41) is 22.6. The summed E-state index contributed by atoms with van der Waals surface area (Å²) in [6.07, 6.45) is 1.76. The minimum Gasteiger partial charge on any atom is -0.385 e. The van der Waals surface area contributed by atoms with Gasteiger partial charge < -0.3 is 10.1 Å². The van der Waals surface area contributed by atoms with Gasteiger partial charge in [0.25, 0.3) is 5.69 Å². The third-order valence-corrected chi connectivity index (χ3v) is 2.41. The summed E-state index contributed by atoms with van der Waals surface area (Å²) in [5.74, 6) is 0. The van der Waals surface area contributed by atoms with Gasteiger partial charge in [-0.1, -0.05) is 0 Å². The monoisotopic (exact) mass is 249 g/mol. The number of methoxy groups -OCH3 is 1. The zero-order valence-electron chi connectivity index (χ0n) is 10.2. The Hall–Kier alpha value is -2.13. The molecule has 0 saturated heterocycles. The summed E-state index contributed by atoms with van der Waals surface area (Å²) >= 11 is 0. The average Bonchev–Trinajstić information content (AvgIpc) is 2.38. The van der Waals surface area contributed by atoms with E-state index in [0.717, 1.165) is 12.8 Å². The molecule has 0 spiro atoms. The van der Waals surface area contributed by atoms with Crippen molar-refractivity contribution < 1.29 is 9.66 Å². The molecule has 0 aliphatic carbocycles. The molecule has 6 heteroatoms. The molecule has 0 heterocycles. The summed E-state index contributed by atoms with van der Waals surface area (Å²) in [6, 6.07) is 6.28. The van der Waals surface area contributed by atoms with Crippen LogP contribution in [0.3, 0.4) is 0 Å². The van der Waals surface area contributed by atoms with E-state index in [1.54, 1.807) is 19.2 Å². The number of nitrogens with one attached hydrogen (secondary N) is 1. The van der Waals surface area contributed by atoms with Gasteiger partial charge in [0.2, 0.25) is 0 Å². The predicted molar refractivity (Wildman–Crippen MR) is 67.4 cm³/mol. The van der Waals surface area contributed by atoms with E-state index in [9.17, 15) is 10.1 Å². The van der Waals surface area contributed by atoms with Crippen molar-refractivity contribution in [3.05, 3.63) is 33.9 Å². The number of benzene rings is 1. The number of nitro groups is 1. The lowest BCUT2D eigenvalue weighted by Gasteiger charge is -2.07. The molecule has 0 atom stereocenters. The maximum absolute atomic E-state index is 10.9. The number of hydrogen-bond acceptors (Lipinski definition) is 5. The topological polar surface area (TPSA) is 88.2 Å². The fraction of sp³-hybridized carbons (Fsp3) is 0.417. The maximum Gasteiger partial charge on any atom is 0.293 e. The molecular weight excluding hydrogens is 234 g/mol. The lowest BCUT2D eigenvalue weighted by atomic mass is 10.2. The van der Waals surface area contributed by atoms with Crippen LogP contribution in [0.2, 0.25) is 0 Å². The second-order valence-corrected chi connectivity index (χ2v) is 3.73. The van der Waals surface area contributed by atoms with Crippen molar-refractivity contribution >= 4 is 11.4 Å². The number of hydrogen-bond donors (Lipinski definition) is 1. The Kier molecular flexibility index (Phi) is 5.61. The van der Waals surface area contributed by atoms with E-state index < -0.39 is 4.92 Å². The van der Waals surface area contributed by atoms with E-state index in [4.69, 9.17) is 10.00 Å². The smallest absolute Gasteiger partial charge is 0.293 e. The lowest BCUT2D eigenvalue weighted by molar-refractivity contribution is -0.384. The Bertz CT molecular complexity index is 454. The van der Waals surface area contributed by atoms with Crippen LogP contribution in [-0.4, -0.2) is 25.2 Å². The van der Waals surface area contributed by atoms with Crippen molar-refractivity contribution in [2.45, 2.75) is 12.8 Å². The zero-order valence-corrected chi connectivity index (χ0v) is 10.2. The van der Waals surface area contributed by atoms with Gasteiger partial charge in [0.15, 0.2) is 0 Å². The van der Waals surface area contributed by atoms with Gasteiger partial charge in [0.05, 0.1) is 16.6 Å². The number of nitro benzene ring substituents is 1. The molecule has 0 amide bonds. The molecule has 0 radical (unpaired) electrons. The van der Waals surface area contributed by atoms with Crippen molar-refractivity contribution in [1.29, 1.82) is 5.26 Å². The van der Waals surface area contributed by atoms with Gasteiger partial charge in [-0.3, -0.25) is 10.1 Å². The van der Waals surface area contributed by atoms with Crippen LogP contribution in [0.1, 0.15) is 18.4 Å². The highest BCUT2D eigenvalue weighted by Crippen LogP contribution is 2.25. The van der Waals surface area contributed by atoms with E-state index >= 15 is 0 Å². The highest BCUT2D eigenvalue weighted by atomic mass is 16.6. The Morgan fingerprint density at radius 3 is 2.89 bits per heavy atom. The summed E-state index contributed by atoms with van der Waals surface area (Å²) in [5.41, 5.74) is 0.656. The van der Waals surface area contributed by atoms with Gasteiger partial charge in [0, 0.05) is 26.3 Å². The van der Waals surface area contributed by atoms with Gasteiger partial charge in [-0.15, -0.1) is 0 Å². The first-order chi connectivity index (χ1) is 8.69. The maximum atomic E-state index is 10.9. The van der Waals surface area contributed by atoms with Crippen LogP contribution >= 0.6 is 0 Å². The quantitative estimate of drug-likeness (QED) is 0.455. The van der Waals surface area contributed by atoms with Gasteiger partial charge in [-0.05, 0) is 25.0 Å². The molecule has 0 fully saturated rings. The van der Waals surface area contributed by atoms with Crippen molar-refractivity contribution in [3.63, 3.8) is 0 Å². The van der Waals surface area contributed by atoms with Crippen LogP contribution in [0.5, 0.6) is 0 Å². The summed E-state index contributed by atoms with van der Waals surface area (Å²) in [4.78, 5) is 10.4. The van der Waals surface area contributed by atoms with Gasteiger partial charge in [0.1, 0.15) is 5.69 Å². The molecule has 1 N–H and O–H groups in total. The Morgan fingerprint density at radius 2 is 2.28 bits per heavy atom. The molecule has 0 unspecified atom stereocenters. The zero-order chi connectivity index (χ0) is 13.4. The normalized spacial score (nSPS) is 9.78. The second-order valence-electron chi connectivity index (χ2n) is 3.73. The number of nitrogens with zero attached hydrogens (tertiary/aromatic N) is 2. The largest absolute Gasteiger partial charge is 0.385 e. The van der Waals surface area contributed by atoms with Gasteiger partial charge in [-0.2, -0.15) is 5.26 Å². The number of rotatable bonds is 7. The van der Waals surface area contributed by atoms with Crippen molar-refractivity contribution in [1.82, 2.24) is 0 Å². The summed E-state index contributed by atoms with van der Waals surface area (Å²) in [7, 11) is 1.64. The van der Waals surface area contributed by atoms with Crippen LogP contribution in [0.25, 0.3) is 0 Å². The standard InChI is InChI=1S/C12H15N3O3/c1-18-7-3-2-6-14-11-5-4-10(9-13)8-12(11)15(16)17/h4-5,8,14H,2-3,6-7H2,1H3. The third-order valence-electron chi connectivity index (χ3n) is 2.41. The van der Waals surface area contributed by atoms with E-state index in [0.29, 0.717) is 18.8 Å². The molecule has 1 aromatic carbocycles. The molecule has 6 nitrogen and oxygen atoms in total. The Morgan fingerprint density at radius 1 is 1.50 bits per heavy atom. The SMILES string of the molecule is COCCCCNc1ccc(C#N)cc1[N+](=O)[O-]. The van der Waals surface area contributed by atoms with E-state index in [2.05, 4.69) is 5.32 Å². The molecular formula is C12H15N3O3. The molecule has 0 saturated carbocycles. The molecule has 0 aromatic heterocycles. The first-order valence-electron chi connectivity index (χ1n) is 5.60.